The van der Waals surface area contributed by atoms with E-state index < -0.39 is 0 Å². The smallest absolute Gasteiger partial charge is 0.251 e. The Kier molecular flexibility index (Phi) is 6.39. The number of nitrogens with one attached hydrogen (secondary N) is 1. The predicted octanol–water partition coefficient (Wildman–Crippen LogP) is 4.01. The second-order valence-electron chi connectivity index (χ2n) is 3.28. The first-order valence-corrected chi connectivity index (χ1v) is 7.23. The van der Waals surface area contributed by atoms with Crippen LogP contribution in [0.2, 0.25) is 5.02 Å². The SMILES string of the molecule is O=C(NCCCCBr)c1ccc(Cl)c(Br)c1. The molecule has 2 nitrogen and oxygen atoms in total. The fourth-order valence-electron chi connectivity index (χ4n) is 1.16. The summed E-state index contributed by atoms with van der Waals surface area (Å²) in [6.45, 7) is 0.699. The number of carbonyl (C=O) groups is 1. The lowest BCUT2D eigenvalue weighted by atomic mass is 10.2. The van der Waals surface area contributed by atoms with Crippen LogP contribution < -0.4 is 5.32 Å². The van der Waals surface area contributed by atoms with E-state index in [9.17, 15) is 4.79 Å². The number of alkyl halides is 1. The van der Waals surface area contributed by atoms with Crippen LogP contribution in [0.15, 0.2) is 22.7 Å². The minimum Gasteiger partial charge on any atom is -0.352 e. The highest BCUT2D eigenvalue weighted by molar-refractivity contribution is 9.10. The zero-order chi connectivity index (χ0) is 12.0. The first-order chi connectivity index (χ1) is 7.65. The lowest BCUT2D eigenvalue weighted by Crippen LogP contribution is -2.24. The normalized spacial score (nSPS) is 10.2. The van der Waals surface area contributed by atoms with Crippen molar-refractivity contribution >= 4 is 49.4 Å². The number of halogens is 3. The third kappa shape index (κ3) is 4.44. The molecule has 1 aromatic carbocycles. The Labute approximate surface area is 117 Å². The number of benzene rings is 1. The molecule has 1 aromatic rings. The van der Waals surface area contributed by atoms with Crippen molar-refractivity contribution < 1.29 is 4.79 Å². The Balaban J connectivity index is 2.50. The van der Waals surface area contributed by atoms with Gasteiger partial charge in [-0.15, -0.1) is 0 Å². The van der Waals surface area contributed by atoms with Crippen LogP contribution in [0.25, 0.3) is 0 Å². The van der Waals surface area contributed by atoms with Crippen LogP contribution in [0.1, 0.15) is 23.2 Å². The fraction of sp³-hybridized carbons (Fsp3) is 0.364. The molecule has 0 saturated heterocycles. The van der Waals surface area contributed by atoms with Gasteiger partial charge in [0.05, 0.1) is 5.02 Å². The third-order valence-corrected chi connectivity index (χ3v) is 3.80. The van der Waals surface area contributed by atoms with Gasteiger partial charge in [0.25, 0.3) is 5.91 Å². The minimum atomic E-state index is -0.0630. The van der Waals surface area contributed by atoms with Crippen LogP contribution in [0.5, 0.6) is 0 Å². The maximum atomic E-state index is 11.7. The van der Waals surface area contributed by atoms with Gasteiger partial charge in [0, 0.05) is 21.9 Å². The summed E-state index contributed by atoms with van der Waals surface area (Å²) in [7, 11) is 0. The first-order valence-electron chi connectivity index (χ1n) is 4.94. The Morgan fingerprint density at radius 3 is 2.75 bits per heavy atom. The summed E-state index contributed by atoms with van der Waals surface area (Å²) in [5.41, 5.74) is 0.620. The largest absolute Gasteiger partial charge is 0.352 e. The van der Waals surface area contributed by atoms with Crippen LogP contribution in [0, 0.1) is 0 Å². The van der Waals surface area contributed by atoms with Crippen molar-refractivity contribution in [3.63, 3.8) is 0 Å². The number of unbranched alkanes of at least 4 members (excludes halogenated alkanes) is 1. The molecule has 1 rings (SSSR count). The summed E-state index contributed by atoms with van der Waals surface area (Å²) in [5.74, 6) is -0.0630. The number of hydrogen-bond donors (Lipinski definition) is 1. The molecule has 0 radical (unpaired) electrons. The molecule has 0 aliphatic rings. The van der Waals surface area contributed by atoms with Gasteiger partial charge in [-0.25, -0.2) is 0 Å². The summed E-state index contributed by atoms with van der Waals surface area (Å²) in [4.78, 5) is 11.7. The monoisotopic (exact) mass is 367 g/mol. The second kappa shape index (κ2) is 7.30. The zero-order valence-electron chi connectivity index (χ0n) is 8.60. The van der Waals surface area contributed by atoms with E-state index in [1.807, 2.05) is 0 Å². The van der Waals surface area contributed by atoms with Gasteiger partial charge in [0.15, 0.2) is 0 Å². The topological polar surface area (TPSA) is 29.1 Å². The van der Waals surface area contributed by atoms with E-state index in [-0.39, 0.29) is 5.91 Å². The fourth-order valence-corrected chi connectivity index (χ4v) is 2.05. The van der Waals surface area contributed by atoms with Crippen molar-refractivity contribution in [2.75, 3.05) is 11.9 Å². The zero-order valence-corrected chi connectivity index (χ0v) is 12.5. The Hall–Kier alpha value is -0.0600. The van der Waals surface area contributed by atoms with E-state index >= 15 is 0 Å². The molecular formula is C11H12Br2ClNO. The molecule has 16 heavy (non-hydrogen) atoms. The van der Waals surface area contributed by atoms with Gasteiger partial charge in [-0.3, -0.25) is 4.79 Å². The van der Waals surface area contributed by atoms with Crippen molar-refractivity contribution in [2.24, 2.45) is 0 Å². The van der Waals surface area contributed by atoms with E-state index in [0.717, 1.165) is 22.6 Å². The predicted molar refractivity (Wildman–Crippen MR) is 74.5 cm³/mol. The highest BCUT2D eigenvalue weighted by Gasteiger charge is 2.06. The van der Waals surface area contributed by atoms with Crippen LogP contribution in [-0.4, -0.2) is 17.8 Å². The molecule has 0 atom stereocenters. The molecule has 0 spiro atoms. The molecule has 0 bridgehead atoms. The van der Waals surface area contributed by atoms with Gasteiger partial charge in [-0.2, -0.15) is 0 Å². The maximum Gasteiger partial charge on any atom is 0.251 e. The van der Waals surface area contributed by atoms with Gasteiger partial charge in [0.2, 0.25) is 0 Å². The molecule has 0 fully saturated rings. The average Bonchev–Trinajstić information content (AvgIpc) is 2.28. The van der Waals surface area contributed by atoms with Crippen LogP contribution in [0.4, 0.5) is 0 Å². The summed E-state index contributed by atoms with van der Waals surface area (Å²) in [6, 6.07) is 5.15. The van der Waals surface area contributed by atoms with Crippen LogP contribution >= 0.6 is 43.5 Å². The van der Waals surface area contributed by atoms with Crippen molar-refractivity contribution in [3.05, 3.63) is 33.3 Å². The molecule has 1 amide bonds. The van der Waals surface area contributed by atoms with Gasteiger partial charge in [-0.1, -0.05) is 27.5 Å². The van der Waals surface area contributed by atoms with Crippen molar-refractivity contribution in [2.45, 2.75) is 12.8 Å². The van der Waals surface area contributed by atoms with Crippen molar-refractivity contribution in [1.29, 1.82) is 0 Å². The van der Waals surface area contributed by atoms with Crippen molar-refractivity contribution in [1.82, 2.24) is 5.32 Å². The molecule has 1 N–H and O–H groups in total. The van der Waals surface area contributed by atoms with Crippen LogP contribution in [-0.2, 0) is 0 Å². The van der Waals surface area contributed by atoms with E-state index in [1.165, 1.54) is 0 Å². The van der Waals surface area contributed by atoms with Gasteiger partial charge < -0.3 is 5.32 Å². The molecule has 5 heteroatoms. The highest BCUT2D eigenvalue weighted by atomic mass is 79.9. The molecular weight excluding hydrogens is 357 g/mol. The Morgan fingerprint density at radius 2 is 2.12 bits per heavy atom. The highest BCUT2D eigenvalue weighted by Crippen LogP contribution is 2.23. The number of hydrogen-bond acceptors (Lipinski definition) is 1. The van der Waals surface area contributed by atoms with Gasteiger partial charge >= 0.3 is 0 Å². The molecule has 0 aliphatic carbocycles. The van der Waals surface area contributed by atoms with Crippen molar-refractivity contribution in [3.8, 4) is 0 Å². The summed E-state index contributed by atoms with van der Waals surface area (Å²) in [6.07, 6.45) is 2.04. The maximum absolute atomic E-state index is 11.7. The first kappa shape index (κ1) is 14.0. The molecule has 88 valence electrons. The lowest BCUT2D eigenvalue weighted by Gasteiger charge is -2.05. The minimum absolute atomic E-state index is 0.0630. The lowest BCUT2D eigenvalue weighted by molar-refractivity contribution is 0.0953. The number of rotatable bonds is 5. The quantitative estimate of drug-likeness (QED) is 0.617. The van der Waals surface area contributed by atoms with E-state index in [4.69, 9.17) is 11.6 Å². The summed E-state index contributed by atoms with van der Waals surface area (Å²) < 4.78 is 0.738. The Bertz CT molecular complexity index is 371. The number of carbonyl (C=O) groups excluding carboxylic acids is 1. The van der Waals surface area contributed by atoms with Crippen LogP contribution in [0.3, 0.4) is 0 Å². The summed E-state index contributed by atoms with van der Waals surface area (Å²) in [5, 5.41) is 4.43. The van der Waals surface area contributed by atoms with E-state index in [1.54, 1.807) is 18.2 Å². The van der Waals surface area contributed by atoms with Gasteiger partial charge in [-0.05, 0) is 47.0 Å². The molecule has 0 aliphatic heterocycles. The van der Waals surface area contributed by atoms with E-state index in [2.05, 4.69) is 37.2 Å². The number of amides is 1. The molecule has 0 unspecified atom stereocenters. The van der Waals surface area contributed by atoms with Gasteiger partial charge in [0.1, 0.15) is 0 Å². The third-order valence-electron chi connectivity index (χ3n) is 2.03. The molecule has 0 heterocycles. The molecule has 0 aromatic heterocycles. The average molecular weight is 369 g/mol. The Morgan fingerprint density at radius 1 is 1.38 bits per heavy atom. The second-order valence-corrected chi connectivity index (χ2v) is 5.34. The summed E-state index contributed by atoms with van der Waals surface area (Å²) >= 11 is 12.5. The standard InChI is InChI=1S/C11H12Br2ClNO/c12-5-1-2-6-15-11(16)8-3-4-10(14)9(13)7-8/h3-4,7H,1-2,5-6H2,(H,15,16). The molecule has 0 saturated carbocycles. The van der Waals surface area contributed by atoms with E-state index in [0.29, 0.717) is 17.1 Å².